The van der Waals surface area contributed by atoms with Crippen LogP contribution < -0.4 is 0 Å². The van der Waals surface area contributed by atoms with Gasteiger partial charge in [-0.3, -0.25) is 0 Å². The molecule has 1 aliphatic carbocycles. The van der Waals surface area contributed by atoms with E-state index in [0.717, 1.165) is 12.0 Å². The van der Waals surface area contributed by atoms with Gasteiger partial charge in [0, 0.05) is 5.57 Å². The Balaban J connectivity index is 2.95. The van der Waals surface area contributed by atoms with Crippen molar-refractivity contribution in [2.45, 2.75) is 13.3 Å². The van der Waals surface area contributed by atoms with E-state index < -0.39 is 0 Å². The number of rotatable bonds is 1. The Bertz CT molecular complexity index is 254. The van der Waals surface area contributed by atoms with Crippen molar-refractivity contribution in [3.8, 4) is 0 Å². The van der Waals surface area contributed by atoms with Crippen LogP contribution in [-0.4, -0.2) is 5.11 Å². The van der Waals surface area contributed by atoms with E-state index in [1.54, 1.807) is 12.2 Å². The SMILES string of the molecule is C=CC1=CCC(C)=CC=C1O. The maximum Gasteiger partial charge on any atom is 0.122 e. The maximum absolute atomic E-state index is 9.34. The summed E-state index contributed by atoms with van der Waals surface area (Å²) in [6.07, 6.45) is 8.15. The molecule has 0 unspecified atom stereocenters. The lowest BCUT2D eigenvalue weighted by Crippen LogP contribution is -1.81. The van der Waals surface area contributed by atoms with Gasteiger partial charge < -0.3 is 5.11 Å². The molecular formula is C10H12O. The van der Waals surface area contributed by atoms with Crippen molar-refractivity contribution in [3.63, 3.8) is 0 Å². The minimum Gasteiger partial charge on any atom is -0.507 e. The average Bonchev–Trinajstić information content (AvgIpc) is 2.15. The zero-order chi connectivity index (χ0) is 8.27. The van der Waals surface area contributed by atoms with Gasteiger partial charge >= 0.3 is 0 Å². The topological polar surface area (TPSA) is 20.2 Å². The first-order valence-corrected chi connectivity index (χ1v) is 3.63. The van der Waals surface area contributed by atoms with Crippen LogP contribution in [0.5, 0.6) is 0 Å². The number of hydrogen-bond acceptors (Lipinski definition) is 1. The Labute approximate surface area is 67.1 Å². The lowest BCUT2D eigenvalue weighted by atomic mass is 10.1. The summed E-state index contributed by atoms with van der Waals surface area (Å²) in [6.45, 7) is 5.64. The molecule has 0 spiro atoms. The second-order valence-corrected chi connectivity index (χ2v) is 2.63. The third-order valence-electron chi connectivity index (χ3n) is 1.69. The van der Waals surface area contributed by atoms with Crippen molar-refractivity contribution in [2.75, 3.05) is 0 Å². The summed E-state index contributed by atoms with van der Waals surface area (Å²) in [4.78, 5) is 0. The molecule has 1 rings (SSSR count). The average molecular weight is 148 g/mol. The maximum atomic E-state index is 9.34. The molecule has 0 saturated carbocycles. The van der Waals surface area contributed by atoms with Crippen LogP contribution in [0.1, 0.15) is 13.3 Å². The normalized spacial score (nSPS) is 17.7. The molecule has 0 aromatic heterocycles. The predicted octanol–water partition coefficient (Wildman–Crippen LogP) is 2.89. The van der Waals surface area contributed by atoms with E-state index in [9.17, 15) is 5.11 Å². The van der Waals surface area contributed by atoms with Gasteiger partial charge in [0.05, 0.1) is 0 Å². The quantitative estimate of drug-likeness (QED) is 0.606. The van der Waals surface area contributed by atoms with E-state index in [1.807, 2.05) is 19.1 Å². The summed E-state index contributed by atoms with van der Waals surface area (Å²) in [7, 11) is 0. The first-order chi connectivity index (χ1) is 5.24. The van der Waals surface area contributed by atoms with E-state index in [-0.39, 0.29) is 0 Å². The Hall–Kier alpha value is -1.24. The van der Waals surface area contributed by atoms with Crippen LogP contribution in [0.15, 0.2) is 47.8 Å². The molecule has 0 heterocycles. The highest BCUT2D eigenvalue weighted by Gasteiger charge is 2.00. The van der Waals surface area contributed by atoms with Crippen LogP contribution >= 0.6 is 0 Å². The Morgan fingerprint density at radius 3 is 2.91 bits per heavy atom. The standard InChI is InChI=1S/C10H12O/c1-3-9-6-4-8(2)5-7-10(9)11/h3,5-7,11H,1,4H2,2H3. The first kappa shape index (κ1) is 7.86. The monoisotopic (exact) mass is 148 g/mol. The Morgan fingerprint density at radius 1 is 1.55 bits per heavy atom. The molecule has 0 fully saturated rings. The zero-order valence-corrected chi connectivity index (χ0v) is 6.67. The lowest BCUT2D eigenvalue weighted by Gasteiger charge is -1.96. The van der Waals surface area contributed by atoms with E-state index in [1.165, 1.54) is 5.57 Å². The number of hydrogen-bond donors (Lipinski definition) is 1. The fourth-order valence-electron chi connectivity index (χ4n) is 0.949. The zero-order valence-electron chi connectivity index (χ0n) is 6.67. The molecular weight excluding hydrogens is 136 g/mol. The third kappa shape index (κ3) is 1.84. The van der Waals surface area contributed by atoms with Gasteiger partial charge in [0.2, 0.25) is 0 Å². The first-order valence-electron chi connectivity index (χ1n) is 3.63. The number of aliphatic hydroxyl groups excluding tert-OH is 1. The van der Waals surface area contributed by atoms with Crippen LogP contribution in [0.2, 0.25) is 0 Å². The minimum absolute atomic E-state index is 0.303. The summed E-state index contributed by atoms with van der Waals surface area (Å²) in [5.74, 6) is 0.303. The molecule has 0 bridgehead atoms. The molecule has 0 aliphatic heterocycles. The van der Waals surface area contributed by atoms with Crippen LogP contribution in [-0.2, 0) is 0 Å². The summed E-state index contributed by atoms with van der Waals surface area (Å²) >= 11 is 0. The van der Waals surface area contributed by atoms with Gasteiger partial charge in [0.25, 0.3) is 0 Å². The third-order valence-corrected chi connectivity index (χ3v) is 1.69. The highest BCUT2D eigenvalue weighted by molar-refractivity contribution is 5.39. The Kier molecular flexibility index (Phi) is 2.32. The molecule has 1 N–H and O–H groups in total. The molecule has 1 aliphatic rings. The molecule has 0 saturated heterocycles. The molecule has 0 aromatic rings. The summed E-state index contributed by atoms with van der Waals surface area (Å²) in [6, 6.07) is 0. The van der Waals surface area contributed by atoms with Crippen molar-refractivity contribution in [1.82, 2.24) is 0 Å². The van der Waals surface area contributed by atoms with E-state index in [2.05, 4.69) is 6.58 Å². The molecule has 0 radical (unpaired) electrons. The van der Waals surface area contributed by atoms with E-state index in [0.29, 0.717) is 5.76 Å². The van der Waals surface area contributed by atoms with Crippen molar-refractivity contribution in [3.05, 3.63) is 47.8 Å². The smallest absolute Gasteiger partial charge is 0.122 e. The van der Waals surface area contributed by atoms with Crippen molar-refractivity contribution in [1.29, 1.82) is 0 Å². The van der Waals surface area contributed by atoms with Gasteiger partial charge in [0.15, 0.2) is 0 Å². The van der Waals surface area contributed by atoms with Crippen molar-refractivity contribution >= 4 is 0 Å². The van der Waals surface area contributed by atoms with Gasteiger partial charge in [-0.2, -0.15) is 0 Å². The van der Waals surface area contributed by atoms with E-state index in [4.69, 9.17) is 0 Å². The highest BCUT2D eigenvalue weighted by atomic mass is 16.3. The molecule has 11 heavy (non-hydrogen) atoms. The highest BCUT2D eigenvalue weighted by Crippen LogP contribution is 2.16. The largest absolute Gasteiger partial charge is 0.507 e. The molecule has 1 heteroatoms. The van der Waals surface area contributed by atoms with Crippen LogP contribution in [0.4, 0.5) is 0 Å². The molecule has 58 valence electrons. The van der Waals surface area contributed by atoms with Crippen molar-refractivity contribution in [2.24, 2.45) is 0 Å². The lowest BCUT2D eigenvalue weighted by molar-refractivity contribution is 0.426. The van der Waals surface area contributed by atoms with Crippen LogP contribution in [0, 0.1) is 0 Å². The molecule has 0 amide bonds. The van der Waals surface area contributed by atoms with Crippen molar-refractivity contribution < 1.29 is 5.11 Å². The van der Waals surface area contributed by atoms with Gasteiger partial charge in [0.1, 0.15) is 5.76 Å². The summed E-state index contributed by atoms with van der Waals surface area (Å²) < 4.78 is 0. The van der Waals surface area contributed by atoms with Gasteiger partial charge in [-0.15, -0.1) is 0 Å². The molecule has 1 nitrogen and oxygen atoms in total. The van der Waals surface area contributed by atoms with Gasteiger partial charge in [-0.05, 0) is 19.4 Å². The molecule has 0 aromatic carbocycles. The summed E-state index contributed by atoms with van der Waals surface area (Å²) in [5.41, 5.74) is 2.06. The predicted molar refractivity (Wildman–Crippen MR) is 47.4 cm³/mol. The van der Waals surface area contributed by atoms with E-state index >= 15 is 0 Å². The van der Waals surface area contributed by atoms with Gasteiger partial charge in [-0.1, -0.05) is 30.4 Å². The number of allylic oxidation sites excluding steroid dienone is 5. The van der Waals surface area contributed by atoms with Crippen LogP contribution in [0.3, 0.4) is 0 Å². The fraction of sp³-hybridized carbons (Fsp3) is 0.200. The second-order valence-electron chi connectivity index (χ2n) is 2.63. The second kappa shape index (κ2) is 3.24. The number of aliphatic hydroxyl groups is 1. The van der Waals surface area contributed by atoms with Gasteiger partial charge in [-0.25, -0.2) is 0 Å². The van der Waals surface area contributed by atoms with Crippen LogP contribution in [0.25, 0.3) is 0 Å². The minimum atomic E-state index is 0.303. The fourth-order valence-corrected chi connectivity index (χ4v) is 0.949. The Morgan fingerprint density at radius 2 is 2.27 bits per heavy atom. The molecule has 0 atom stereocenters. The summed E-state index contributed by atoms with van der Waals surface area (Å²) in [5, 5.41) is 9.34.